The van der Waals surface area contributed by atoms with Gasteiger partial charge in [0, 0.05) is 12.4 Å². The van der Waals surface area contributed by atoms with Crippen molar-refractivity contribution in [3.63, 3.8) is 0 Å². The highest BCUT2D eigenvalue weighted by Gasteiger charge is 2.34. The Morgan fingerprint density at radius 1 is 1.42 bits per heavy atom. The molecule has 0 radical (unpaired) electrons. The molecular weight excluding hydrogens is 216 g/mol. The fourth-order valence-corrected chi connectivity index (χ4v) is 2.43. The molecule has 0 aromatic carbocycles. The molecule has 0 spiro atoms. The summed E-state index contributed by atoms with van der Waals surface area (Å²) in [4.78, 5) is 0. The summed E-state index contributed by atoms with van der Waals surface area (Å²) in [6.07, 6.45) is 6.45. The molecular formula is C10H19BrO. The average Bonchev–Trinajstić information content (AvgIpc) is 2.54. The van der Waals surface area contributed by atoms with Gasteiger partial charge in [0.25, 0.3) is 0 Å². The van der Waals surface area contributed by atoms with E-state index in [-0.39, 0.29) is 5.60 Å². The van der Waals surface area contributed by atoms with Crippen LogP contribution in [0.5, 0.6) is 0 Å². The Morgan fingerprint density at radius 2 is 2.00 bits per heavy atom. The van der Waals surface area contributed by atoms with Gasteiger partial charge in [-0.1, -0.05) is 35.7 Å². The van der Waals surface area contributed by atoms with Gasteiger partial charge in [-0.15, -0.1) is 0 Å². The summed E-state index contributed by atoms with van der Waals surface area (Å²) in [6.45, 7) is 2.29. The van der Waals surface area contributed by atoms with E-state index < -0.39 is 0 Å². The lowest BCUT2D eigenvalue weighted by Gasteiger charge is -2.29. The van der Waals surface area contributed by atoms with Crippen LogP contribution in [0.25, 0.3) is 0 Å². The molecule has 1 aliphatic rings. The molecule has 2 heteroatoms. The molecule has 1 nitrogen and oxygen atoms in total. The lowest BCUT2D eigenvalue weighted by Crippen LogP contribution is -2.30. The standard InChI is InChI=1S/C10H19BrO/c1-9(8-11)7-10(12-2)5-3-4-6-10/h9H,3-8H2,1-2H3. The van der Waals surface area contributed by atoms with Crippen molar-refractivity contribution >= 4 is 15.9 Å². The minimum Gasteiger partial charge on any atom is -0.378 e. The van der Waals surface area contributed by atoms with Crippen molar-refractivity contribution < 1.29 is 4.74 Å². The van der Waals surface area contributed by atoms with Gasteiger partial charge >= 0.3 is 0 Å². The average molecular weight is 235 g/mol. The van der Waals surface area contributed by atoms with Gasteiger partial charge in [-0.05, 0) is 25.2 Å². The quantitative estimate of drug-likeness (QED) is 0.679. The molecule has 72 valence electrons. The van der Waals surface area contributed by atoms with Crippen LogP contribution in [-0.4, -0.2) is 18.0 Å². The molecule has 0 heterocycles. The molecule has 1 saturated carbocycles. The molecule has 0 aromatic heterocycles. The molecule has 0 aromatic rings. The molecule has 1 unspecified atom stereocenters. The smallest absolute Gasteiger partial charge is 0.0681 e. The summed E-state index contributed by atoms with van der Waals surface area (Å²) < 4.78 is 5.65. The van der Waals surface area contributed by atoms with Crippen molar-refractivity contribution in [3.05, 3.63) is 0 Å². The summed E-state index contributed by atoms with van der Waals surface area (Å²) in [5.74, 6) is 0.739. The van der Waals surface area contributed by atoms with E-state index in [0.717, 1.165) is 11.2 Å². The Kier molecular flexibility index (Phi) is 4.04. The lowest BCUT2D eigenvalue weighted by molar-refractivity contribution is -0.0199. The first-order valence-corrected chi connectivity index (χ1v) is 5.96. The first kappa shape index (κ1) is 10.5. The van der Waals surface area contributed by atoms with E-state index in [1.165, 1.54) is 32.1 Å². The molecule has 12 heavy (non-hydrogen) atoms. The third kappa shape index (κ3) is 2.46. The van der Waals surface area contributed by atoms with E-state index >= 15 is 0 Å². The Bertz CT molecular complexity index is 130. The molecule has 1 atom stereocenters. The lowest BCUT2D eigenvalue weighted by atomic mass is 9.91. The molecule has 1 fully saturated rings. The number of hydrogen-bond donors (Lipinski definition) is 0. The predicted molar refractivity (Wildman–Crippen MR) is 55.8 cm³/mol. The molecule has 0 amide bonds. The monoisotopic (exact) mass is 234 g/mol. The third-order valence-corrected chi connectivity index (χ3v) is 4.04. The van der Waals surface area contributed by atoms with Gasteiger partial charge < -0.3 is 4.74 Å². The number of halogens is 1. The summed E-state index contributed by atoms with van der Waals surface area (Å²) in [5, 5.41) is 1.10. The van der Waals surface area contributed by atoms with Crippen molar-refractivity contribution in [1.29, 1.82) is 0 Å². The largest absolute Gasteiger partial charge is 0.378 e. The highest BCUT2D eigenvalue weighted by atomic mass is 79.9. The van der Waals surface area contributed by atoms with Gasteiger partial charge in [-0.2, -0.15) is 0 Å². The van der Waals surface area contributed by atoms with Crippen LogP contribution >= 0.6 is 15.9 Å². The second-order valence-electron chi connectivity index (χ2n) is 4.06. The van der Waals surface area contributed by atoms with E-state index in [1.54, 1.807) is 0 Å². The number of hydrogen-bond acceptors (Lipinski definition) is 1. The van der Waals surface area contributed by atoms with Gasteiger partial charge in [0.05, 0.1) is 5.60 Å². The Hall–Kier alpha value is 0.440. The summed E-state index contributed by atoms with van der Waals surface area (Å²) in [6, 6.07) is 0. The van der Waals surface area contributed by atoms with E-state index in [9.17, 15) is 0 Å². The third-order valence-electron chi connectivity index (χ3n) is 2.93. The van der Waals surface area contributed by atoms with E-state index in [0.29, 0.717) is 0 Å². The van der Waals surface area contributed by atoms with Crippen molar-refractivity contribution in [2.45, 2.75) is 44.6 Å². The molecule has 1 rings (SSSR count). The SMILES string of the molecule is COC1(CC(C)CBr)CCCC1. The Labute approximate surface area is 84.0 Å². The minimum absolute atomic E-state index is 0.229. The van der Waals surface area contributed by atoms with Crippen LogP contribution in [0.3, 0.4) is 0 Å². The number of ether oxygens (including phenoxy) is 1. The number of methoxy groups -OCH3 is 1. The number of rotatable bonds is 4. The van der Waals surface area contributed by atoms with Crippen LogP contribution in [0.2, 0.25) is 0 Å². The Balaban J connectivity index is 2.43. The maximum Gasteiger partial charge on any atom is 0.0681 e. The first-order valence-electron chi connectivity index (χ1n) is 4.83. The van der Waals surface area contributed by atoms with Crippen molar-refractivity contribution in [3.8, 4) is 0 Å². The second kappa shape index (κ2) is 4.61. The molecule has 0 bridgehead atoms. The van der Waals surface area contributed by atoms with Gasteiger partial charge in [-0.3, -0.25) is 0 Å². The van der Waals surface area contributed by atoms with E-state index in [1.807, 2.05) is 7.11 Å². The van der Waals surface area contributed by atoms with Gasteiger partial charge in [0.15, 0.2) is 0 Å². The normalized spacial score (nSPS) is 24.2. The van der Waals surface area contributed by atoms with Gasteiger partial charge in [0.2, 0.25) is 0 Å². The van der Waals surface area contributed by atoms with Crippen LogP contribution in [0.1, 0.15) is 39.0 Å². The predicted octanol–water partition coefficient (Wildman–Crippen LogP) is 3.37. The van der Waals surface area contributed by atoms with Crippen molar-refractivity contribution in [2.24, 2.45) is 5.92 Å². The number of alkyl halides is 1. The van der Waals surface area contributed by atoms with Crippen LogP contribution in [-0.2, 0) is 4.74 Å². The zero-order chi connectivity index (χ0) is 9.03. The molecule has 0 aliphatic heterocycles. The molecule has 0 N–H and O–H groups in total. The summed E-state index contributed by atoms with van der Waals surface area (Å²) >= 11 is 3.52. The summed E-state index contributed by atoms with van der Waals surface area (Å²) in [7, 11) is 1.87. The van der Waals surface area contributed by atoms with Crippen molar-refractivity contribution in [1.82, 2.24) is 0 Å². The van der Waals surface area contributed by atoms with E-state index in [4.69, 9.17) is 4.74 Å². The zero-order valence-corrected chi connectivity index (χ0v) is 9.69. The summed E-state index contributed by atoms with van der Waals surface area (Å²) in [5.41, 5.74) is 0.229. The first-order chi connectivity index (χ1) is 5.72. The zero-order valence-electron chi connectivity index (χ0n) is 8.11. The molecule has 1 aliphatic carbocycles. The fourth-order valence-electron chi connectivity index (χ4n) is 2.20. The maximum absolute atomic E-state index is 5.65. The van der Waals surface area contributed by atoms with Crippen LogP contribution < -0.4 is 0 Å². The minimum atomic E-state index is 0.229. The van der Waals surface area contributed by atoms with Crippen LogP contribution in [0.15, 0.2) is 0 Å². The highest BCUT2D eigenvalue weighted by Crippen LogP contribution is 2.37. The second-order valence-corrected chi connectivity index (χ2v) is 4.71. The Morgan fingerprint density at radius 3 is 2.42 bits per heavy atom. The topological polar surface area (TPSA) is 9.23 Å². The van der Waals surface area contributed by atoms with E-state index in [2.05, 4.69) is 22.9 Å². The van der Waals surface area contributed by atoms with Crippen molar-refractivity contribution in [2.75, 3.05) is 12.4 Å². The van der Waals surface area contributed by atoms with Crippen LogP contribution in [0, 0.1) is 5.92 Å². The van der Waals surface area contributed by atoms with Gasteiger partial charge in [0.1, 0.15) is 0 Å². The maximum atomic E-state index is 5.65. The van der Waals surface area contributed by atoms with Crippen LogP contribution in [0.4, 0.5) is 0 Å². The molecule has 0 saturated heterocycles. The fraction of sp³-hybridized carbons (Fsp3) is 1.00. The highest BCUT2D eigenvalue weighted by molar-refractivity contribution is 9.09. The van der Waals surface area contributed by atoms with Gasteiger partial charge in [-0.25, -0.2) is 0 Å².